The second-order valence-corrected chi connectivity index (χ2v) is 9.81. The van der Waals surface area contributed by atoms with E-state index < -0.39 is 0 Å². The van der Waals surface area contributed by atoms with Gasteiger partial charge in [0.15, 0.2) is 0 Å². The molecule has 1 atom stereocenters. The van der Waals surface area contributed by atoms with Crippen LogP contribution in [0.15, 0.2) is 65.8 Å². The Kier molecular flexibility index (Phi) is 10.7. The molecule has 0 bridgehead atoms. The Morgan fingerprint density at radius 3 is 2.49 bits per heavy atom. The standard InChI is InChI=1S/C31H39N3O5/c1-6-25(30(36)39-5)17-22-11-9-12-24(16-22)20-34(3)29(35)19-23-14-15-27(28(18-23)38-4)33-31(37)32-26-13-8-7-10-21(26)2/h7-8,10-11,13-16,18,25H,6,9,12,17,19-20H2,1-5H3,(H2,32,33,37). The zero-order valence-corrected chi connectivity index (χ0v) is 23.5. The van der Waals surface area contributed by atoms with Crippen LogP contribution in [0.1, 0.15) is 43.7 Å². The zero-order valence-electron chi connectivity index (χ0n) is 23.5. The van der Waals surface area contributed by atoms with Crippen molar-refractivity contribution in [2.75, 3.05) is 38.4 Å². The van der Waals surface area contributed by atoms with Gasteiger partial charge in [-0.3, -0.25) is 9.59 Å². The van der Waals surface area contributed by atoms with Crippen LogP contribution in [0.3, 0.4) is 0 Å². The third kappa shape index (κ3) is 8.46. The number of methoxy groups -OCH3 is 2. The van der Waals surface area contributed by atoms with Crippen molar-refractivity contribution in [1.29, 1.82) is 0 Å². The number of allylic oxidation sites excluding steroid dienone is 3. The lowest BCUT2D eigenvalue weighted by molar-refractivity contribution is -0.145. The molecule has 0 saturated heterocycles. The number of anilines is 2. The number of carbonyl (C=O) groups is 3. The third-order valence-electron chi connectivity index (χ3n) is 6.90. The van der Waals surface area contributed by atoms with Gasteiger partial charge in [0.2, 0.25) is 5.91 Å². The van der Waals surface area contributed by atoms with Crippen LogP contribution >= 0.6 is 0 Å². The van der Waals surface area contributed by atoms with Crippen molar-refractivity contribution < 1.29 is 23.9 Å². The SMILES string of the molecule is CCC(CC1=CCCC(CN(C)C(=O)Cc2ccc(NC(=O)Nc3ccccc3C)c(OC)c2)=C1)C(=O)OC. The largest absolute Gasteiger partial charge is 0.495 e. The van der Waals surface area contributed by atoms with E-state index in [1.807, 2.05) is 44.2 Å². The predicted molar refractivity (Wildman–Crippen MR) is 154 cm³/mol. The van der Waals surface area contributed by atoms with E-state index in [0.717, 1.165) is 41.6 Å². The van der Waals surface area contributed by atoms with Crippen molar-refractivity contribution in [3.63, 3.8) is 0 Å². The van der Waals surface area contributed by atoms with Crippen molar-refractivity contribution in [3.8, 4) is 5.75 Å². The lowest BCUT2D eigenvalue weighted by Gasteiger charge is -2.23. The van der Waals surface area contributed by atoms with Crippen LogP contribution in [0.2, 0.25) is 0 Å². The van der Waals surface area contributed by atoms with Crippen LogP contribution in [0.5, 0.6) is 5.75 Å². The zero-order chi connectivity index (χ0) is 28.4. The number of esters is 1. The number of amides is 3. The molecule has 3 amide bonds. The molecule has 0 spiro atoms. The number of hydrogen-bond acceptors (Lipinski definition) is 5. The minimum atomic E-state index is -0.378. The first-order valence-electron chi connectivity index (χ1n) is 13.2. The molecular weight excluding hydrogens is 494 g/mol. The molecular formula is C31H39N3O5. The maximum Gasteiger partial charge on any atom is 0.323 e. The summed E-state index contributed by atoms with van der Waals surface area (Å²) in [6.45, 7) is 4.44. The number of nitrogens with zero attached hydrogens (tertiary/aromatic N) is 1. The van der Waals surface area contributed by atoms with Crippen molar-refractivity contribution in [2.45, 2.75) is 46.0 Å². The first-order chi connectivity index (χ1) is 18.7. The molecule has 2 N–H and O–H groups in total. The number of aryl methyl sites for hydroxylation is 1. The van der Waals surface area contributed by atoms with Crippen LogP contribution < -0.4 is 15.4 Å². The van der Waals surface area contributed by atoms with Crippen LogP contribution in [-0.2, 0) is 20.7 Å². The normalized spacial score (nSPS) is 13.5. The lowest BCUT2D eigenvalue weighted by Crippen LogP contribution is -2.30. The van der Waals surface area contributed by atoms with Gasteiger partial charge in [0, 0.05) is 19.3 Å². The van der Waals surface area contributed by atoms with Crippen molar-refractivity contribution in [3.05, 3.63) is 76.9 Å². The highest BCUT2D eigenvalue weighted by atomic mass is 16.5. The minimum absolute atomic E-state index is 0.0203. The molecule has 0 aliphatic heterocycles. The number of ether oxygens (including phenoxy) is 2. The monoisotopic (exact) mass is 533 g/mol. The summed E-state index contributed by atoms with van der Waals surface area (Å²) in [6, 6.07) is 12.5. The van der Waals surface area contributed by atoms with E-state index in [1.165, 1.54) is 19.8 Å². The van der Waals surface area contributed by atoms with Crippen LogP contribution in [0, 0.1) is 12.8 Å². The van der Waals surface area contributed by atoms with Gasteiger partial charge in [-0.25, -0.2) is 4.79 Å². The fraction of sp³-hybridized carbons (Fsp3) is 0.387. The molecule has 0 radical (unpaired) electrons. The quantitative estimate of drug-likeness (QED) is 0.352. The molecule has 1 aliphatic rings. The van der Waals surface area contributed by atoms with Gasteiger partial charge in [-0.1, -0.05) is 54.5 Å². The molecule has 0 fully saturated rings. The number of hydrogen-bond donors (Lipinski definition) is 2. The fourth-order valence-electron chi connectivity index (χ4n) is 4.59. The molecule has 0 saturated carbocycles. The summed E-state index contributed by atoms with van der Waals surface area (Å²) in [6.07, 6.45) is 7.64. The second kappa shape index (κ2) is 14.2. The average molecular weight is 534 g/mol. The number of benzene rings is 2. The molecule has 0 heterocycles. The number of carbonyl (C=O) groups excluding carboxylic acids is 3. The summed E-state index contributed by atoms with van der Waals surface area (Å²) in [7, 11) is 4.75. The summed E-state index contributed by atoms with van der Waals surface area (Å²) in [5, 5.41) is 5.65. The van der Waals surface area contributed by atoms with Gasteiger partial charge in [0.1, 0.15) is 5.75 Å². The Hall–Kier alpha value is -4.07. The van der Waals surface area contributed by atoms with Gasteiger partial charge < -0.3 is 25.0 Å². The van der Waals surface area contributed by atoms with Gasteiger partial charge in [-0.05, 0) is 61.9 Å². The maximum absolute atomic E-state index is 13.0. The van der Waals surface area contributed by atoms with E-state index in [2.05, 4.69) is 22.8 Å². The van der Waals surface area contributed by atoms with Gasteiger partial charge >= 0.3 is 12.0 Å². The van der Waals surface area contributed by atoms with Crippen molar-refractivity contribution >= 4 is 29.3 Å². The number of nitrogens with one attached hydrogen (secondary N) is 2. The molecule has 2 aromatic rings. The predicted octanol–water partition coefficient (Wildman–Crippen LogP) is 5.88. The number of likely N-dealkylation sites (N-methyl/N-ethyl adjacent to an activating group) is 1. The van der Waals surface area contributed by atoms with Gasteiger partial charge in [-0.2, -0.15) is 0 Å². The number of urea groups is 1. The second-order valence-electron chi connectivity index (χ2n) is 9.81. The van der Waals surface area contributed by atoms with E-state index in [1.54, 1.807) is 24.1 Å². The molecule has 3 rings (SSSR count). The summed E-state index contributed by atoms with van der Waals surface area (Å²) >= 11 is 0. The molecule has 8 heteroatoms. The van der Waals surface area contributed by atoms with Gasteiger partial charge in [0.05, 0.1) is 32.2 Å². The highest BCUT2D eigenvalue weighted by molar-refractivity contribution is 6.01. The van der Waals surface area contributed by atoms with E-state index in [-0.39, 0.29) is 30.2 Å². The lowest BCUT2D eigenvalue weighted by atomic mass is 9.90. The van der Waals surface area contributed by atoms with Crippen LogP contribution in [0.4, 0.5) is 16.2 Å². The summed E-state index contributed by atoms with van der Waals surface area (Å²) in [5.41, 5.74) is 5.27. The van der Waals surface area contributed by atoms with Crippen LogP contribution in [0.25, 0.3) is 0 Å². The highest BCUT2D eigenvalue weighted by Gasteiger charge is 2.20. The summed E-state index contributed by atoms with van der Waals surface area (Å²) in [5.74, 6) is 0.115. The molecule has 1 unspecified atom stereocenters. The summed E-state index contributed by atoms with van der Waals surface area (Å²) < 4.78 is 10.4. The Balaban J connectivity index is 1.59. The van der Waals surface area contributed by atoms with Crippen LogP contribution in [-0.4, -0.2) is 50.6 Å². The maximum atomic E-state index is 13.0. The minimum Gasteiger partial charge on any atom is -0.495 e. The third-order valence-corrected chi connectivity index (χ3v) is 6.90. The molecule has 0 aromatic heterocycles. The fourth-order valence-corrected chi connectivity index (χ4v) is 4.59. The first kappa shape index (κ1) is 29.5. The molecule has 1 aliphatic carbocycles. The number of rotatable bonds is 11. The Morgan fingerprint density at radius 2 is 1.79 bits per heavy atom. The van der Waals surface area contributed by atoms with Gasteiger partial charge in [-0.15, -0.1) is 0 Å². The van der Waals surface area contributed by atoms with E-state index in [4.69, 9.17) is 9.47 Å². The average Bonchev–Trinajstić information content (AvgIpc) is 2.93. The molecule has 39 heavy (non-hydrogen) atoms. The van der Waals surface area contributed by atoms with Crippen molar-refractivity contribution in [1.82, 2.24) is 4.90 Å². The number of para-hydroxylation sites is 1. The molecule has 2 aromatic carbocycles. The van der Waals surface area contributed by atoms with E-state index in [9.17, 15) is 14.4 Å². The first-order valence-corrected chi connectivity index (χ1v) is 13.2. The Labute approximate surface area is 231 Å². The Bertz CT molecular complexity index is 1250. The van der Waals surface area contributed by atoms with Crippen molar-refractivity contribution in [2.24, 2.45) is 5.92 Å². The smallest absolute Gasteiger partial charge is 0.323 e. The van der Waals surface area contributed by atoms with E-state index in [0.29, 0.717) is 24.4 Å². The molecule has 208 valence electrons. The molecule has 8 nitrogen and oxygen atoms in total. The highest BCUT2D eigenvalue weighted by Crippen LogP contribution is 2.28. The Morgan fingerprint density at radius 1 is 1.05 bits per heavy atom. The topological polar surface area (TPSA) is 97.0 Å². The van der Waals surface area contributed by atoms with Gasteiger partial charge in [0.25, 0.3) is 0 Å². The summed E-state index contributed by atoms with van der Waals surface area (Å²) in [4.78, 5) is 39.3. The van der Waals surface area contributed by atoms with E-state index >= 15 is 0 Å².